The number of urea groups is 1. The Morgan fingerprint density at radius 1 is 1.12 bits per heavy atom. The molecule has 2 aromatic heterocycles. The summed E-state index contributed by atoms with van der Waals surface area (Å²) in [6, 6.07) is 10.5. The number of amides is 3. The van der Waals surface area contributed by atoms with Crippen LogP contribution in [0.1, 0.15) is 5.76 Å². The number of carbonyl (C=O) groups excluding carboxylic acids is 2. The van der Waals surface area contributed by atoms with Crippen LogP contribution in [0, 0.1) is 0 Å². The summed E-state index contributed by atoms with van der Waals surface area (Å²) in [7, 11) is 0. The molecule has 0 atom stereocenters. The molecule has 2 N–H and O–H groups in total. The van der Waals surface area contributed by atoms with E-state index < -0.39 is 17.6 Å². The number of hydrogen-bond acceptors (Lipinski definition) is 6. The maximum Gasteiger partial charge on any atom is 0.336 e. The van der Waals surface area contributed by atoms with Gasteiger partial charge in [0.25, 0.3) is 5.91 Å². The normalized spacial score (nSPS) is 10.4. The smallest absolute Gasteiger partial charge is 0.336 e. The third-order valence-electron chi connectivity index (χ3n) is 3.22. The van der Waals surface area contributed by atoms with E-state index in [2.05, 4.69) is 10.6 Å². The van der Waals surface area contributed by atoms with Gasteiger partial charge in [0.15, 0.2) is 6.61 Å². The predicted octanol–water partition coefficient (Wildman–Crippen LogP) is 1.79. The average molecular weight is 342 g/mol. The first-order valence-corrected chi connectivity index (χ1v) is 7.37. The van der Waals surface area contributed by atoms with E-state index in [1.807, 2.05) is 0 Å². The molecule has 0 bridgehead atoms. The standard InChI is InChI=1S/C17H14N2O6/c20-15(19-17(22)18-9-13-2-1-7-23-13)10-24-12-5-3-11-4-6-16(21)25-14(11)8-12/h1-8H,9-10H2,(H2,18,19,20,22). The predicted molar refractivity (Wildman–Crippen MR) is 87.1 cm³/mol. The van der Waals surface area contributed by atoms with E-state index in [0.717, 1.165) is 5.39 Å². The van der Waals surface area contributed by atoms with Gasteiger partial charge < -0.3 is 18.9 Å². The monoisotopic (exact) mass is 342 g/mol. The van der Waals surface area contributed by atoms with Crippen LogP contribution in [-0.4, -0.2) is 18.5 Å². The van der Waals surface area contributed by atoms with Crippen LogP contribution in [0.4, 0.5) is 4.79 Å². The lowest BCUT2D eigenvalue weighted by molar-refractivity contribution is -0.122. The summed E-state index contributed by atoms with van der Waals surface area (Å²) in [6.45, 7) is -0.201. The largest absolute Gasteiger partial charge is 0.484 e. The molecule has 0 aliphatic carbocycles. The highest BCUT2D eigenvalue weighted by Crippen LogP contribution is 2.19. The minimum absolute atomic E-state index is 0.163. The van der Waals surface area contributed by atoms with E-state index in [1.54, 1.807) is 30.3 Å². The fourth-order valence-corrected chi connectivity index (χ4v) is 2.07. The Balaban J connectivity index is 1.50. The Hall–Kier alpha value is -3.55. The van der Waals surface area contributed by atoms with Gasteiger partial charge in [-0.3, -0.25) is 10.1 Å². The molecule has 1 aromatic carbocycles. The third kappa shape index (κ3) is 4.47. The summed E-state index contributed by atoms with van der Waals surface area (Å²) in [4.78, 5) is 34.5. The number of carbonyl (C=O) groups is 2. The fraction of sp³-hybridized carbons (Fsp3) is 0.118. The molecule has 0 spiro atoms. The minimum atomic E-state index is -0.658. The molecule has 3 aromatic rings. The second-order valence-corrected chi connectivity index (χ2v) is 5.05. The lowest BCUT2D eigenvalue weighted by Crippen LogP contribution is -2.41. The highest BCUT2D eigenvalue weighted by atomic mass is 16.5. The molecular weight excluding hydrogens is 328 g/mol. The first kappa shape index (κ1) is 16.3. The third-order valence-corrected chi connectivity index (χ3v) is 3.22. The second-order valence-electron chi connectivity index (χ2n) is 5.05. The molecule has 8 heteroatoms. The SMILES string of the molecule is O=C(COc1ccc2ccc(=O)oc2c1)NC(=O)NCc1ccco1. The summed E-state index contributed by atoms with van der Waals surface area (Å²) in [5.41, 5.74) is -0.128. The molecule has 3 rings (SSSR count). The van der Waals surface area contributed by atoms with Crippen molar-refractivity contribution >= 4 is 22.9 Å². The highest BCUT2D eigenvalue weighted by molar-refractivity contribution is 5.95. The lowest BCUT2D eigenvalue weighted by Gasteiger charge is -2.08. The maximum atomic E-state index is 11.7. The molecule has 0 aliphatic heterocycles. The van der Waals surface area contributed by atoms with Crippen molar-refractivity contribution in [1.82, 2.24) is 10.6 Å². The van der Waals surface area contributed by atoms with Crippen LogP contribution in [-0.2, 0) is 11.3 Å². The van der Waals surface area contributed by atoms with Gasteiger partial charge in [0.1, 0.15) is 17.1 Å². The average Bonchev–Trinajstić information content (AvgIpc) is 3.11. The van der Waals surface area contributed by atoms with E-state index in [0.29, 0.717) is 17.1 Å². The van der Waals surface area contributed by atoms with Gasteiger partial charge in [0, 0.05) is 17.5 Å². The lowest BCUT2D eigenvalue weighted by atomic mass is 10.2. The van der Waals surface area contributed by atoms with Gasteiger partial charge in [-0.2, -0.15) is 0 Å². The van der Waals surface area contributed by atoms with E-state index in [9.17, 15) is 14.4 Å². The first-order valence-electron chi connectivity index (χ1n) is 7.37. The zero-order chi connectivity index (χ0) is 17.6. The quantitative estimate of drug-likeness (QED) is 0.684. The number of furan rings is 1. The summed E-state index contributed by atoms with van der Waals surface area (Å²) >= 11 is 0. The Labute approximate surface area is 141 Å². The number of benzene rings is 1. The molecule has 0 aliphatic rings. The van der Waals surface area contributed by atoms with E-state index in [1.165, 1.54) is 18.4 Å². The number of rotatable bonds is 5. The molecule has 8 nitrogen and oxygen atoms in total. The molecule has 2 heterocycles. The van der Waals surface area contributed by atoms with Crippen molar-refractivity contribution in [2.75, 3.05) is 6.61 Å². The van der Waals surface area contributed by atoms with Crippen LogP contribution in [0.2, 0.25) is 0 Å². The fourth-order valence-electron chi connectivity index (χ4n) is 2.07. The van der Waals surface area contributed by atoms with Crippen molar-refractivity contribution in [2.24, 2.45) is 0 Å². The van der Waals surface area contributed by atoms with Crippen molar-refractivity contribution in [2.45, 2.75) is 6.54 Å². The number of ether oxygens (including phenoxy) is 1. The second kappa shape index (κ2) is 7.35. The summed E-state index contributed by atoms with van der Waals surface area (Å²) in [6.07, 6.45) is 1.49. The molecule has 0 saturated carbocycles. The number of nitrogens with one attached hydrogen (secondary N) is 2. The molecule has 0 fully saturated rings. The molecular formula is C17H14N2O6. The van der Waals surface area contributed by atoms with E-state index in [-0.39, 0.29) is 13.2 Å². The molecule has 128 valence electrons. The van der Waals surface area contributed by atoms with Gasteiger partial charge >= 0.3 is 11.7 Å². The molecule has 0 unspecified atom stereocenters. The van der Waals surface area contributed by atoms with Gasteiger partial charge in [-0.05, 0) is 30.3 Å². The van der Waals surface area contributed by atoms with Gasteiger partial charge in [0.05, 0.1) is 12.8 Å². The van der Waals surface area contributed by atoms with Gasteiger partial charge in [-0.25, -0.2) is 9.59 Å². The van der Waals surface area contributed by atoms with Crippen LogP contribution >= 0.6 is 0 Å². The zero-order valence-electron chi connectivity index (χ0n) is 13.0. The molecule has 25 heavy (non-hydrogen) atoms. The van der Waals surface area contributed by atoms with Crippen LogP contribution in [0.3, 0.4) is 0 Å². The summed E-state index contributed by atoms with van der Waals surface area (Å²) in [5, 5.41) is 5.33. The van der Waals surface area contributed by atoms with Crippen molar-refractivity contribution in [3.05, 3.63) is 64.9 Å². The van der Waals surface area contributed by atoms with Crippen LogP contribution < -0.4 is 21.0 Å². The Morgan fingerprint density at radius 2 is 1.96 bits per heavy atom. The van der Waals surface area contributed by atoms with Gasteiger partial charge in [-0.1, -0.05) is 0 Å². The minimum Gasteiger partial charge on any atom is -0.484 e. The molecule has 0 saturated heterocycles. The topological polar surface area (TPSA) is 111 Å². The maximum absolute atomic E-state index is 11.7. The Kier molecular flexibility index (Phi) is 4.79. The van der Waals surface area contributed by atoms with Crippen LogP contribution in [0.5, 0.6) is 5.75 Å². The number of fused-ring (bicyclic) bond motifs is 1. The van der Waals surface area contributed by atoms with Crippen molar-refractivity contribution in [3.63, 3.8) is 0 Å². The highest BCUT2D eigenvalue weighted by Gasteiger charge is 2.09. The van der Waals surface area contributed by atoms with Crippen molar-refractivity contribution in [1.29, 1.82) is 0 Å². The molecule has 0 radical (unpaired) electrons. The number of imide groups is 1. The summed E-state index contributed by atoms with van der Waals surface area (Å²) < 4.78 is 15.4. The van der Waals surface area contributed by atoms with Crippen molar-refractivity contribution in [3.8, 4) is 5.75 Å². The Morgan fingerprint density at radius 3 is 2.76 bits per heavy atom. The van der Waals surface area contributed by atoms with Gasteiger partial charge in [-0.15, -0.1) is 0 Å². The van der Waals surface area contributed by atoms with Crippen molar-refractivity contribution < 1.29 is 23.2 Å². The van der Waals surface area contributed by atoms with Crippen LogP contribution in [0.25, 0.3) is 11.0 Å². The summed E-state index contributed by atoms with van der Waals surface area (Å²) in [5.74, 6) is 0.288. The zero-order valence-corrected chi connectivity index (χ0v) is 13.0. The van der Waals surface area contributed by atoms with E-state index >= 15 is 0 Å². The first-order chi connectivity index (χ1) is 12.1. The Bertz CT molecular complexity index is 945. The number of hydrogen-bond donors (Lipinski definition) is 2. The van der Waals surface area contributed by atoms with E-state index in [4.69, 9.17) is 13.6 Å². The van der Waals surface area contributed by atoms with Crippen LogP contribution in [0.15, 0.2) is 62.4 Å². The van der Waals surface area contributed by atoms with Gasteiger partial charge in [0.2, 0.25) is 0 Å². The molecule has 3 amide bonds.